The number of aliphatic hydroxyl groups is 2. The molecule has 4 aromatic rings. The molecule has 0 aliphatic heterocycles. The van der Waals surface area contributed by atoms with Crippen LogP contribution in [0.3, 0.4) is 0 Å². The normalized spacial score (nSPS) is 14.4. The molecule has 198 valence electrons. The Hall–Kier alpha value is -2.94. The van der Waals surface area contributed by atoms with Gasteiger partial charge in [-0.3, -0.25) is 0 Å². The third kappa shape index (κ3) is 6.03. The van der Waals surface area contributed by atoms with Crippen molar-refractivity contribution in [2.75, 3.05) is 0 Å². The molecule has 3 aromatic carbocycles. The van der Waals surface area contributed by atoms with Gasteiger partial charge in [0.2, 0.25) is 10.9 Å². The molecule has 6 nitrogen and oxygen atoms in total. The molecule has 0 spiro atoms. The van der Waals surface area contributed by atoms with Crippen LogP contribution in [0.4, 0.5) is 0 Å². The van der Waals surface area contributed by atoms with E-state index >= 15 is 0 Å². The van der Waals surface area contributed by atoms with Crippen molar-refractivity contribution in [3.05, 3.63) is 112 Å². The number of aliphatic hydroxyl groups excluding tert-OH is 2. The predicted octanol–water partition coefficient (Wildman–Crippen LogP) is 6.45. The van der Waals surface area contributed by atoms with Gasteiger partial charge in [0.1, 0.15) is 18.5 Å². The van der Waals surface area contributed by atoms with Crippen LogP contribution < -0.4 is 15.2 Å². The van der Waals surface area contributed by atoms with Crippen LogP contribution in [-0.2, 0) is 18.2 Å². The molecule has 0 radical (unpaired) electrons. The van der Waals surface area contributed by atoms with E-state index in [1.165, 1.54) is 13.1 Å². The molecule has 0 aliphatic rings. The summed E-state index contributed by atoms with van der Waals surface area (Å²) in [6.07, 6.45) is -0.604. The van der Waals surface area contributed by atoms with Crippen LogP contribution >= 0.6 is 27.5 Å². The Kier molecular flexibility index (Phi) is 9.07. The Morgan fingerprint density at radius 3 is 2.42 bits per heavy atom. The minimum atomic E-state index is -1.81. The summed E-state index contributed by atoms with van der Waals surface area (Å²) < 4.78 is 13.3. The van der Waals surface area contributed by atoms with Gasteiger partial charge in [0.25, 0.3) is 0 Å². The molecule has 38 heavy (non-hydrogen) atoms. The zero-order valence-electron chi connectivity index (χ0n) is 21.1. The van der Waals surface area contributed by atoms with Gasteiger partial charge in [-0.2, -0.15) is 0 Å². The van der Waals surface area contributed by atoms with Crippen LogP contribution in [0.1, 0.15) is 42.2 Å². The average molecular weight is 598 g/mol. The Balaban J connectivity index is 1.73. The maximum atomic E-state index is 10.9. The molecule has 0 saturated heterocycles. The van der Waals surface area contributed by atoms with Gasteiger partial charge in [-0.1, -0.05) is 72.3 Å². The molecule has 3 unspecified atom stereocenters. The van der Waals surface area contributed by atoms with E-state index in [0.717, 1.165) is 26.7 Å². The Bertz CT molecular complexity index is 1380. The number of halogens is 2. The van der Waals surface area contributed by atoms with Crippen molar-refractivity contribution in [1.82, 2.24) is 4.98 Å². The van der Waals surface area contributed by atoms with Crippen molar-refractivity contribution >= 4 is 27.5 Å². The first-order valence-corrected chi connectivity index (χ1v) is 13.4. The molecule has 0 amide bonds. The molecule has 0 aliphatic carbocycles. The van der Waals surface area contributed by atoms with E-state index in [4.69, 9.17) is 26.8 Å². The number of nitrogens with two attached hydrogens (primary N) is 1. The number of hydrogen-bond donors (Lipinski definition) is 3. The third-order valence-corrected chi connectivity index (χ3v) is 7.72. The highest BCUT2D eigenvalue weighted by atomic mass is 79.9. The molecule has 8 heteroatoms. The van der Waals surface area contributed by atoms with Crippen LogP contribution in [0.5, 0.6) is 11.6 Å². The van der Waals surface area contributed by atoms with Gasteiger partial charge in [-0.25, -0.2) is 4.98 Å². The third-order valence-electron chi connectivity index (χ3n) is 6.21. The van der Waals surface area contributed by atoms with E-state index in [1.807, 2.05) is 54.6 Å². The first kappa shape index (κ1) is 28.1. The summed E-state index contributed by atoms with van der Waals surface area (Å²) in [6, 6.07) is 24.7. The number of nitrogens with zero attached hydrogens (tertiary/aromatic N) is 1. The zero-order chi connectivity index (χ0) is 27.3. The van der Waals surface area contributed by atoms with Gasteiger partial charge >= 0.3 is 0 Å². The number of benzene rings is 3. The van der Waals surface area contributed by atoms with Crippen molar-refractivity contribution in [1.29, 1.82) is 0 Å². The molecule has 4 N–H and O–H groups in total. The maximum absolute atomic E-state index is 10.9. The van der Waals surface area contributed by atoms with Gasteiger partial charge < -0.3 is 25.4 Å². The lowest BCUT2D eigenvalue weighted by Gasteiger charge is -2.34. The lowest BCUT2D eigenvalue weighted by atomic mass is 9.96. The molecule has 1 aromatic heterocycles. The van der Waals surface area contributed by atoms with Crippen LogP contribution in [0.15, 0.2) is 89.5 Å². The fourth-order valence-corrected chi connectivity index (χ4v) is 5.07. The standard InChI is InChI=1S/C30H30BrClN2O4/c1-19(35)25-14-15-34-29(27(25)30(32,20(2)36)38-24-12-6-8-21(16-24)17-33)37-18-23-11-7-13-26(28(23)31)22-9-4-3-5-10-22/h3-16,19-20,35-36H,17-18,33H2,1-2H3. The Morgan fingerprint density at radius 2 is 1.74 bits per heavy atom. The van der Waals surface area contributed by atoms with Gasteiger partial charge in [-0.05, 0) is 70.2 Å². The zero-order valence-corrected chi connectivity index (χ0v) is 23.5. The largest absolute Gasteiger partial charge is 0.472 e. The summed E-state index contributed by atoms with van der Waals surface area (Å²) in [5, 5.41) is 19.7. The number of pyridine rings is 1. The summed E-state index contributed by atoms with van der Waals surface area (Å²) in [5.41, 5.74) is 10.3. The highest BCUT2D eigenvalue weighted by Gasteiger charge is 2.44. The Labute approximate surface area is 236 Å². The van der Waals surface area contributed by atoms with E-state index in [-0.39, 0.29) is 18.1 Å². The van der Waals surface area contributed by atoms with E-state index in [2.05, 4.69) is 20.9 Å². The van der Waals surface area contributed by atoms with Gasteiger partial charge in [0.05, 0.1) is 11.7 Å². The molecule has 0 saturated carbocycles. The van der Waals surface area contributed by atoms with E-state index in [0.29, 0.717) is 17.9 Å². The number of rotatable bonds is 10. The van der Waals surface area contributed by atoms with Crippen LogP contribution in [0.25, 0.3) is 11.1 Å². The smallest absolute Gasteiger partial charge is 0.238 e. The molecule has 0 bridgehead atoms. The second-order valence-corrected chi connectivity index (χ2v) is 10.3. The minimum Gasteiger partial charge on any atom is -0.472 e. The second-order valence-electron chi connectivity index (χ2n) is 8.96. The average Bonchev–Trinajstić information content (AvgIpc) is 2.92. The second kappa shape index (κ2) is 12.3. The molecular weight excluding hydrogens is 568 g/mol. The van der Waals surface area contributed by atoms with Gasteiger partial charge in [0, 0.05) is 22.8 Å². The minimum absolute atomic E-state index is 0.145. The summed E-state index contributed by atoms with van der Waals surface area (Å²) in [4.78, 5) is 4.43. The molecule has 4 rings (SSSR count). The van der Waals surface area contributed by atoms with E-state index < -0.39 is 17.3 Å². The molecule has 3 atom stereocenters. The number of alkyl halides is 1. The van der Waals surface area contributed by atoms with Gasteiger partial charge in [0.15, 0.2) is 0 Å². The highest BCUT2D eigenvalue weighted by Crippen LogP contribution is 2.44. The summed E-state index contributed by atoms with van der Waals surface area (Å²) >= 11 is 10.8. The fraction of sp³-hybridized carbons (Fsp3) is 0.233. The fourth-order valence-electron chi connectivity index (χ4n) is 4.19. The van der Waals surface area contributed by atoms with Crippen LogP contribution in [0, 0.1) is 0 Å². The summed E-state index contributed by atoms with van der Waals surface area (Å²) in [6.45, 7) is 3.59. The lowest BCUT2D eigenvalue weighted by molar-refractivity contribution is 0.00940. The number of hydrogen-bond acceptors (Lipinski definition) is 6. The first-order chi connectivity index (χ1) is 18.2. The van der Waals surface area contributed by atoms with Crippen molar-refractivity contribution in [3.8, 4) is 22.8 Å². The topological polar surface area (TPSA) is 97.8 Å². The van der Waals surface area contributed by atoms with E-state index in [9.17, 15) is 10.2 Å². The summed E-state index contributed by atoms with van der Waals surface area (Å²) in [5.74, 6) is 0.555. The molecular formula is C30H30BrClN2O4. The first-order valence-electron chi connectivity index (χ1n) is 12.2. The molecule has 1 heterocycles. The van der Waals surface area contributed by atoms with Crippen molar-refractivity contribution in [2.24, 2.45) is 5.73 Å². The van der Waals surface area contributed by atoms with Gasteiger partial charge in [-0.15, -0.1) is 0 Å². The maximum Gasteiger partial charge on any atom is 0.238 e. The van der Waals surface area contributed by atoms with Crippen molar-refractivity contribution < 1.29 is 19.7 Å². The highest BCUT2D eigenvalue weighted by molar-refractivity contribution is 9.10. The predicted molar refractivity (Wildman–Crippen MR) is 153 cm³/mol. The summed E-state index contributed by atoms with van der Waals surface area (Å²) in [7, 11) is 0. The lowest BCUT2D eigenvalue weighted by Crippen LogP contribution is -2.39. The SMILES string of the molecule is CC(O)c1ccnc(OCc2cccc(-c3ccccc3)c2Br)c1C(Cl)(Oc1cccc(CN)c1)C(C)O. The van der Waals surface area contributed by atoms with Crippen molar-refractivity contribution in [3.63, 3.8) is 0 Å². The molecule has 0 fully saturated rings. The van der Waals surface area contributed by atoms with E-state index in [1.54, 1.807) is 31.2 Å². The number of aromatic nitrogens is 1. The van der Waals surface area contributed by atoms with Crippen molar-refractivity contribution in [2.45, 2.75) is 44.3 Å². The quantitative estimate of drug-likeness (QED) is 0.182. The Morgan fingerprint density at radius 1 is 1.00 bits per heavy atom. The monoisotopic (exact) mass is 596 g/mol. The number of ether oxygens (including phenoxy) is 2. The van der Waals surface area contributed by atoms with Crippen LogP contribution in [-0.4, -0.2) is 21.3 Å². The van der Waals surface area contributed by atoms with Crippen LogP contribution in [0.2, 0.25) is 0 Å².